The molecule has 0 aliphatic carbocycles. The van der Waals surface area contributed by atoms with Gasteiger partial charge in [0.15, 0.2) is 0 Å². The largest absolute Gasteiger partial charge is 0.508 e. The summed E-state index contributed by atoms with van der Waals surface area (Å²) in [7, 11) is 0. The molecule has 0 aromatic heterocycles. The van der Waals surface area contributed by atoms with E-state index < -0.39 is 0 Å². The van der Waals surface area contributed by atoms with Crippen LogP contribution in [0.5, 0.6) is 23.0 Å². The molecule has 0 heterocycles. The maximum Gasteiger partial charge on any atom is 0.137 e. The molecule has 0 saturated heterocycles. The molecule has 0 bridgehead atoms. The molecule has 38 heavy (non-hydrogen) atoms. The number of hydrogen-bond donors (Lipinski definition) is 4. The van der Waals surface area contributed by atoms with Crippen LogP contribution >= 0.6 is 23.5 Å². The molecule has 0 atom stereocenters. The van der Waals surface area contributed by atoms with Crippen LogP contribution in [0.25, 0.3) is 21.5 Å². The van der Waals surface area contributed by atoms with Crippen molar-refractivity contribution in [3.8, 4) is 23.0 Å². The maximum absolute atomic E-state index is 10.5. The van der Waals surface area contributed by atoms with E-state index in [1.807, 2.05) is 84.9 Å². The first kappa shape index (κ1) is 25.4. The number of hydrogen-bond acceptors (Lipinski definition) is 6. The fourth-order valence-electron chi connectivity index (χ4n) is 3.98. The molecular formula is C32H24O4S2. The zero-order valence-electron chi connectivity index (χ0n) is 20.2. The topological polar surface area (TPSA) is 80.9 Å². The number of fused-ring (bicyclic) bond motifs is 2. The van der Waals surface area contributed by atoms with Gasteiger partial charge in [-0.2, -0.15) is 0 Å². The summed E-state index contributed by atoms with van der Waals surface area (Å²) in [6.07, 6.45) is 0. The summed E-state index contributed by atoms with van der Waals surface area (Å²) in [6.45, 7) is 0. The van der Waals surface area contributed by atoms with Gasteiger partial charge in [-0.15, -0.1) is 0 Å². The molecule has 188 valence electrons. The number of benzene rings is 6. The predicted molar refractivity (Wildman–Crippen MR) is 156 cm³/mol. The molecule has 4 nitrogen and oxygen atoms in total. The van der Waals surface area contributed by atoms with Gasteiger partial charge >= 0.3 is 0 Å². The van der Waals surface area contributed by atoms with Crippen LogP contribution in [0, 0.1) is 0 Å². The second-order valence-electron chi connectivity index (χ2n) is 8.47. The van der Waals surface area contributed by atoms with Gasteiger partial charge in [0.2, 0.25) is 0 Å². The van der Waals surface area contributed by atoms with Crippen molar-refractivity contribution in [3.05, 3.63) is 121 Å². The van der Waals surface area contributed by atoms with Crippen LogP contribution < -0.4 is 0 Å². The van der Waals surface area contributed by atoms with Crippen molar-refractivity contribution < 1.29 is 20.4 Å². The van der Waals surface area contributed by atoms with E-state index in [1.54, 1.807) is 36.4 Å². The minimum atomic E-state index is 0.250. The van der Waals surface area contributed by atoms with Crippen molar-refractivity contribution >= 4 is 45.1 Å². The minimum absolute atomic E-state index is 0.250. The van der Waals surface area contributed by atoms with Gasteiger partial charge in [0.25, 0.3) is 0 Å². The monoisotopic (exact) mass is 536 g/mol. The van der Waals surface area contributed by atoms with Crippen LogP contribution in [-0.4, -0.2) is 20.4 Å². The highest BCUT2D eigenvalue weighted by Crippen LogP contribution is 2.44. The zero-order chi connectivity index (χ0) is 26.5. The van der Waals surface area contributed by atoms with Gasteiger partial charge in [-0.1, -0.05) is 96.3 Å². The number of aromatic hydroxyl groups is 4. The van der Waals surface area contributed by atoms with Crippen molar-refractivity contribution in [3.63, 3.8) is 0 Å². The van der Waals surface area contributed by atoms with Crippen LogP contribution in [0.15, 0.2) is 141 Å². The summed E-state index contributed by atoms with van der Waals surface area (Å²) in [5, 5.41) is 43.2. The quantitative estimate of drug-likeness (QED) is 0.180. The third-order valence-electron chi connectivity index (χ3n) is 5.82. The molecule has 0 spiro atoms. The molecule has 0 fully saturated rings. The molecule has 4 N–H and O–H groups in total. The van der Waals surface area contributed by atoms with Crippen molar-refractivity contribution in [2.45, 2.75) is 19.6 Å². The highest BCUT2D eigenvalue weighted by Gasteiger charge is 2.12. The van der Waals surface area contributed by atoms with Crippen LogP contribution in [0.1, 0.15) is 0 Å². The predicted octanol–water partition coefficient (Wildman–Crippen LogP) is 8.80. The van der Waals surface area contributed by atoms with E-state index in [1.165, 1.54) is 23.5 Å². The van der Waals surface area contributed by atoms with Crippen LogP contribution in [0.2, 0.25) is 0 Å². The molecule has 6 heteroatoms. The Balaban J connectivity index is 0.000000170. The Labute approximate surface area is 228 Å². The lowest BCUT2D eigenvalue weighted by molar-refractivity contribution is 0.466. The van der Waals surface area contributed by atoms with E-state index in [9.17, 15) is 20.4 Å². The molecule has 6 aromatic rings. The molecule has 0 amide bonds. The van der Waals surface area contributed by atoms with E-state index in [0.717, 1.165) is 41.1 Å². The zero-order valence-corrected chi connectivity index (χ0v) is 21.8. The Bertz CT molecular complexity index is 1610. The van der Waals surface area contributed by atoms with Crippen molar-refractivity contribution in [1.82, 2.24) is 0 Å². The summed E-state index contributed by atoms with van der Waals surface area (Å²) in [6, 6.07) is 37.2. The molecule has 0 unspecified atom stereocenters. The minimum Gasteiger partial charge on any atom is -0.508 e. The second-order valence-corrected chi connectivity index (χ2v) is 10.7. The number of phenols is 4. The maximum atomic E-state index is 10.5. The molecule has 0 saturated carbocycles. The van der Waals surface area contributed by atoms with E-state index in [4.69, 9.17) is 0 Å². The molecule has 6 rings (SSSR count). The fourth-order valence-corrected chi connectivity index (χ4v) is 5.83. The Hall–Kier alpha value is -4.26. The molecular weight excluding hydrogens is 512 g/mol. The lowest BCUT2D eigenvalue weighted by atomic mass is 10.1. The van der Waals surface area contributed by atoms with Crippen molar-refractivity contribution in [1.29, 1.82) is 0 Å². The summed E-state index contributed by atoms with van der Waals surface area (Å²) in [4.78, 5) is 3.35. The van der Waals surface area contributed by atoms with Crippen molar-refractivity contribution in [2.24, 2.45) is 0 Å². The smallest absolute Gasteiger partial charge is 0.137 e. The van der Waals surface area contributed by atoms with E-state index in [-0.39, 0.29) is 23.0 Å². The van der Waals surface area contributed by atoms with Crippen molar-refractivity contribution in [2.75, 3.05) is 0 Å². The van der Waals surface area contributed by atoms with E-state index in [0.29, 0.717) is 0 Å². The number of phenolic OH excluding ortho intramolecular Hbond substituents is 4. The lowest BCUT2D eigenvalue weighted by Gasteiger charge is -2.10. The normalized spacial score (nSPS) is 10.7. The summed E-state index contributed by atoms with van der Waals surface area (Å²) in [5.74, 6) is 1.00. The Kier molecular flexibility index (Phi) is 7.63. The molecule has 0 aliphatic heterocycles. The van der Waals surface area contributed by atoms with Gasteiger partial charge in [-0.25, -0.2) is 0 Å². The highest BCUT2D eigenvalue weighted by molar-refractivity contribution is 7.99. The summed E-state index contributed by atoms with van der Waals surface area (Å²) < 4.78 is 0. The van der Waals surface area contributed by atoms with E-state index >= 15 is 0 Å². The average molecular weight is 537 g/mol. The second kappa shape index (κ2) is 11.4. The van der Waals surface area contributed by atoms with Gasteiger partial charge in [-0.3, -0.25) is 0 Å². The Morgan fingerprint density at radius 3 is 1.29 bits per heavy atom. The third kappa shape index (κ3) is 5.83. The first-order valence-corrected chi connectivity index (χ1v) is 13.5. The van der Waals surface area contributed by atoms with Gasteiger partial charge < -0.3 is 20.4 Å². The molecule has 0 aliphatic rings. The standard InChI is InChI=1S/C20H14O2S.C12H10O2S/c21-19-15-7-3-1-5-13(15)9-11-17(19)23-18-12-10-14-6-2-4-8-16(14)20(18)22;13-9-3-1-5-11(7-9)15-12-6-2-4-10(14)8-12/h1-12,21-22H;1-8,13-14H. The summed E-state index contributed by atoms with van der Waals surface area (Å²) >= 11 is 2.87. The van der Waals surface area contributed by atoms with Gasteiger partial charge in [-0.05, 0) is 59.3 Å². The van der Waals surface area contributed by atoms with Gasteiger partial charge in [0.05, 0.1) is 9.79 Å². The summed E-state index contributed by atoms with van der Waals surface area (Å²) in [5.41, 5.74) is 0. The molecule has 6 aromatic carbocycles. The molecule has 0 radical (unpaired) electrons. The fraction of sp³-hybridized carbons (Fsp3) is 0. The lowest BCUT2D eigenvalue weighted by Crippen LogP contribution is -1.81. The third-order valence-corrected chi connectivity index (χ3v) is 7.90. The van der Waals surface area contributed by atoms with Gasteiger partial charge in [0.1, 0.15) is 23.0 Å². The Morgan fingerprint density at radius 1 is 0.395 bits per heavy atom. The highest BCUT2D eigenvalue weighted by atomic mass is 32.2. The van der Waals surface area contributed by atoms with Gasteiger partial charge in [0, 0.05) is 20.6 Å². The average Bonchev–Trinajstić information content (AvgIpc) is 2.92. The van der Waals surface area contributed by atoms with E-state index in [2.05, 4.69) is 0 Å². The first-order chi connectivity index (χ1) is 18.5. The Morgan fingerprint density at radius 2 is 0.842 bits per heavy atom. The SMILES string of the molecule is Oc1c(Sc2ccc3ccccc3c2O)ccc2ccccc12.Oc1cccc(Sc2cccc(O)c2)c1. The first-order valence-electron chi connectivity index (χ1n) is 11.8. The van der Waals surface area contributed by atoms with Crippen LogP contribution in [0.3, 0.4) is 0 Å². The van der Waals surface area contributed by atoms with Crippen LogP contribution in [-0.2, 0) is 0 Å². The number of rotatable bonds is 4. The van der Waals surface area contributed by atoms with Crippen LogP contribution in [0.4, 0.5) is 0 Å².